The topological polar surface area (TPSA) is 29.5 Å². The van der Waals surface area contributed by atoms with E-state index in [1.807, 2.05) is 25.1 Å². The van der Waals surface area contributed by atoms with Gasteiger partial charge in [-0.3, -0.25) is 0 Å². The average molecular weight is 285 g/mol. The van der Waals surface area contributed by atoms with Crippen LogP contribution in [0, 0.1) is 5.92 Å². The van der Waals surface area contributed by atoms with Crippen molar-refractivity contribution in [2.75, 3.05) is 6.61 Å². The summed E-state index contributed by atoms with van der Waals surface area (Å²) in [4.78, 5) is 0. The van der Waals surface area contributed by atoms with Gasteiger partial charge in [-0.05, 0) is 43.9 Å². The highest BCUT2D eigenvalue weighted by molar-refractivity contribution is 9.10. The maximum Gasteiger partial charge on any atom is 0.125 e. The fourth-order valence-corrected chi connectivity index (χ4v) is 2.43. The molecule has 88 valence electrons. The molecule has 3 heteroatoms. The molecule has 2 rings (SSSR count). The summed E-state index contributed by atoms with van der Waals surface area (Å²) in [5, 5.41) is 10.3. The zero-order valence-electron chi connectivity index (χ0n) is 9.45. The summed E-state index contributed by atoms with van der Waals surface area (Å²) in [6.07, 6.45) is 3.10. The number of rotatable bonds is 4. The number of aliphatic hydroxyl groups excluding tert-OH is 1. The molecule has 1 saturated carbocycles. The van der Waals surface area contributed by atoms with Crippen molar-refractivity contribution in [1.29, 1.82) is 0 Å². The summed E-state index contributed by atoms with van der Waals surface area (Å²) < 4.78 is 6.54. The van der Waals surface area contributed by atoms with E-state index in [1.54, 1.807) is 0 Å². The molecule has 1 unspecified atom stereocenters. The molecule has 1 aromatic rings. The van der Waals surface area contributed by atoms with Crippen molar-refractivity contribution in [1.82, 2.24) is 0 Å². The zero-order valence-corrected chi connectivity index (χ0v) is 11.0. The fourth-order valence-electron chi connectivity index (χ4n) is 2.05. The maximum absolute atomic E-state index is 10.3. The van der Waals surface area contributed by atoms with Gasteiger partial charge in [-0.1, -0.05) is 22.4 Å². The van der Waals surface area contributed by atoms with Gasteiger partial charge in [0.25, 0.3) is 0 Å². The van der Waals surface area contributed by atoms with E-state index in [-0.39, 0.29) is 6.10 Å². The number of benzene rings is 1. The van der Waals surface area contributed by atoms with Crippen LogP contribution >= 0.6 is 15.9 Å². The molecule has 1 aliphatic rings. The third-order valence-electron chi connectivity index (χ3n) is 3.19. The molecule has 16 heavy (non-hydrogen) atoms. The van der Waals surface area contributed by atoms with Gasteiger partial charge in [0.2, 0.25) is 0 Å². The first kappa shape index (κ1) is 11.9. The van der Waals surface area contributed by atoms with E-state index in [0.717, 1.165) is 28.6 Å². The van der Waals surface area contributed by atoms with Gasteiger partial charge in [0.05, 0.1) is 12.7 Å². The molecule has 0 spiro atoms. The van der Waals surface area contributed by atoms with Gasteiger partial charge in [-0.2, -0.15) is 0 Å². The Morgan fingerprint density at radius 1 is 1.50 bits per heavy atom. The van der Waals surface area contributed by atoms with Crippen LogP contribution in [0.5, 0.6) is 5.75 Å². The fraction of sp³-hybridized carbons (Fsp3) is 0.538. The molecule has 2 nitrogen and oxygen atoms in total. The van der Waals surface area contributed by atoms with E-state index in [1.165, 1.54) is 6.42 Å². The zero-order chi connectivity index (χ0) is 11.5. The van der Waals surface area contributed by atoms with Crippen LogP contribution in [0.3, 0.4) is 0 Å². The largest absolute Gasteiger partial charge is 0.493 e. The second-order valence-corrected chi connectivity index (χ2v) is 5.17. The molecule has 0 heterocycles. The Balaban J connectivity index is 2.24. The van der Waals surface area contributed by atoms with E-state index in [4.69, 9.17) is 4.74 Å². The number of halogens is 1. The van der Waals surface area contributed by atoms with Gasteiger partial charge in [0.1, 0.15) is 5.75 Å². The van der Waals surface area contributed by atoms with Gasteiger partial charge in [-0.15, -0.1) is 0 Å². The average Bonchev–Trinajstić information content (AvgIpc) is 2.18. The van der Waals surface area contributed by atoms with Crippen LogP contribution in [0.2, 0.25) is 0 Å². The second kappa shape index (κ2) is 5.19. The van der Waals surface area contributed by atoms with Crippen LogP contribution in [0.1, 0.15) is 37.9 Å². The van der Waals surface area contributed by atoms with Crippen LogP contribution in [0.25, 0.3) is 0 Å². The quantitative estimate of drug-likeness (QED) is 0.914. The van der Waals surface area contributed by atoms with Crippen LogP contribution in [-0.4, -0.2) is 11.7 Å². The number of hydrogen-bond donors (Lipinski definition) is 1. The molecular formula is C13H17BrO2. The SMILES string of the molecule is CCOc1ccc(Br)cc1C(O)C1CCC1. The van der Waals surface area contributed by atoms with E-state index >= 15 is 0 Å². The minimum absolute atomic E-state index is 0.382. The summed E-state index contributed by atoms with van der Waals surface area (Å²) in [5.41, 5.74) is 0.918. The monoisotopic (exact) mass is 284 g/mol. The molecule has 0 radical (unpaired) electrons. The predicted molar refractivity (Wildman–Crippen MR) is 67.6 cm³/mol. The van der Waals surface area contributed by atoms with Crippen LogP contribution in [0.15, 0.2) is 22.7 Å². The Kier molecular flexibility index (Phi) is 3.87. The molecule has 0 bridgehead atoms. The number of ether oxygens (including phenoxy) is 1. The van der Waals surface area contributed by atoms with Crippen LogP contribution in [0.4, 0.5) is 0 Å². The highest BCUT2D eigenvalue weighted by Gasteiger charge is 2.28. The van der Waals surface area contributed by atoms with Crippen molar-refractivity contribution in [2.45, 2.75) is 32.3 Å². The standard InChI is InChI=1S/C13H17BrO2/c1-2-16-12-7-6-10(14)8-11(12)13(15)9-4-3-5-9/h6-9,13,15H,2-5H2,1H3. The smallest absolute Gasteiger partial charge is 0.125 e. The minimum Gasteiger partial charge on any atom is -0.493 e. The predicted octanol–water partition coefficient (Wildman–Crippen LogP) is 3.68. The lowest BCUT2D eigenvalue weighted by Gasteiger charge is -2.31. The van der Waals surface area contributed by atoms with Gasteiger partial charge >= 0.3 is 0 Å². The summed E-state index contributed by atoms with van der Waals surface area (Å²) in [5.74, 6) is 1.22. The van der Waals surface area contributed by atoms with Gasteiger partial charge in [0, 0.05) is 10.0 Å². The summed E-state index contributed by atoms with van der Waals surface area (Å²) in [7, 11) is 0. The van der Waals surface area contributed by atoms with E-state index < -0.39 is 0 Å². The summed E-state index contributed by atoms with van der Waals surface area (Å²) in [6.45, 7) is 2.59. The lowest BCUT2D eigenvalue weighted by molar-refractivity contribution is 0.0595. The van der Waals surface area contributed by atoms with Crippen molar-refractivity contribution in [3.05, 3.63) is 28.2 Å². The van der Waals surface area contributed by atoms with Crippen LogP contribution in [-0.2, 0) is 0 Å². The lowest BCUT2D eigenvalue weighted by Crippen LogP contribution is -2.20. The van der Waals surface area contributed by atoms with Crippen molar-refractivity contribution in [2.24, 2.45) is 5.92 Å². The molecule has 1 N–H and O–H groups in total. The molecule has 0 aromatic heterocycles. The highest BCUT2D eigenvalue weighted by Crippen LogP contribution is 2.41. The number of hydrogen-bond acceptors (Lipinski definition) is 2. The van der Waals surface area contributed by atoms with Crippen molar-refractivity contribution >= 4 is 15.9 Å². The maximum atomic E-state index is 10.3. The third kappa shape index (κ3) is 2.41. The molecule has 1 fully saturated rings. The number of aliphatic hydroxyl groups is 1. The third-order valence-corrected chi connectivity index (χ3v) is 3.68. The van der Waals surface area contributed by atoms with Crippen LogP contribution < -0.4 is 4.74 Å². The molecule has 1 atom stereocenters. The van der Waals surface area contributed by atoms with Gasteiger partial charge in [-0.25, -0.2) is 0 Å². The molecule has 1 aliphatic carbocycles. The molecule has 0 amide bonds. The first-order valence-corrected chi connectivity index (χ1v) is 6.62. The minimum atomic E-state index is -0.382. The van der Waals surface area contributed by atoms with E-state index in [9.17, 15) is 5.11 Å². The first-order chi connectivity index (χ1) is 7.72. The van der Waals surface area contributed by atoms with Crippen molar-refractivity contribution in [3.8, 4) is 5.75 Å². The Hall–Kier alpha value is -0.540. The molecule has 0 aliphatic heterocycles. The first-order valence-electron chi connectivity index (χ1n) is 5.82. The summed E-state index contributed by atoms with van der Waals surface area (Å²) >= 11 is 3.44. The van der Waals surface area contributed by atoms with E-state index in [2.05, 4.69) is 15.9 Å². The lowest BCUT2D eigenvalue weighted by atomic mass is 9.78. The van der Waals surface area contributed by atoms with Gasteiger partial charge in [0.15, 0.2) is 0 Å². The molecular weight excluding hydrogens is 268 g/mol. The summed E-state index contributed by atoms with van der Waals surface area (Å²) in [6, 6.07) is 5.83. The molecule has 0 saturated heterocycles. The molecule has 1 aromatic carbocycles. The highest BCUT2D eigenvalue weighted by atomic mass is 79.9. The normalized spacial score (nSPS) is 17.9. The van der Waals surface area contributed by atoms with Crippen molar-refractivity contribution in [3.63, 3.8) is 0 Å². The van der Waals surface area contributed by atoms with E-state index in [0.29, 0.717) is 12.5 Å². The van der Waals surface area contributed by atoms with Crippen molar-refractivity contribution < 1.29 is 9.84 Å². The second-order valence-electron chi connectivity index (χ2n) is 4.25. The van der Waals surface area contributed by atoms with Gasteiger partial charge < -0.3 is 9.84 Å². The Morgan fingerprint density at radius 3 is 2.81 bits per heavy atom. The Labute approximate surface area is 105 Å². The Morgan fingerprint density at radius 2 is 2.25 bits per heavy atom. The Bertz CT molecular complexity index is 361.